The average Bonchev–Trinajstić information content (AvgIpc) is 2.63. The molecule has 0 radical (unpaired) electrons. The van der Waals surface area contributed by atoms with Gasteiger partial charge in [-0.1, -0.05) is 15.9 Å². The van der Waals surface area contributed by atoms with Crippen molar-refractivity contribution in [3.8, 4) is 0 Å². The highest BCUT2D eigenvalue weighted by molar-refractivity contribution is 9.10. The minimum Gasteiger partial charge on any atom is -0.461 e. The van der Waals surface area contributed by atoms with Gasteiger partial charge in [-0.15, -0.1) is 0 Å². The molecule has 2 rings (SSSR count). The molecule has 0 spiro atoms. The van der Waals surface area contributed by atoms with Crippen LogP contribution in [0.5, 0.6) is 0 Å². The van der Waals surface area contributed by atoms with E-state index in [1.807, 2.05) is 18.2 Å². The Morgan fingerprint density at radius 3 is 2.94 bits per heavy atom. The third-order valence-electron chi connectivity index (χ3n) is 2.53. The first kappa shape index (κ1) is 11.6. The Bertz CT molecular complexity index is 490. The summed E-state index contributed by atoms with van der Waals surface area (Å²) in [6.45, 7) is 0.580. The van der Waals surface area contributed by atoms with E-state index in [1.54, 1.807) is 7.11 Å². The Labute approximate surface area is 102 Å². The zero-order valence-electron chi connectivity index (χ0n) is 9.00. The number of fused-ring (bicyclic) bond motifs is 1. The lowest BCUT2D eigenvalue weighted by Gasteiger charge is -1.98. The topological polar surface area (TPSA) is 42.6 Å². The summed E-state index contributed by atoms with van der Waals surface area (Å²) < 4.78 is 11.7. The molecule has 0 saturated heterocycles. The second kappa shape index (κ2) is 4.99. The van der Waals surface area contributed by atoms with Gasteiger partial charge in [0.2, 0.25) is 0 Å². The van der Waals surface area contributed by atoms with Crippen molar-refractivity contribution in [1.29, 1.82) is 0 Å². The van der Waals surface area contributed by atoms with Crippen LogP contribution in [0.25, 0.3) is 11.0 Å². The van der Waals surface area contributed by atoms with Crippen molar-refractivity contribution in [3.05, 3.63) is 34.0 Å². The number of rotatable bonds is 4. The molecule has 0 fully saturated rings. The quantitative estimate of drug-likeness (QED) is 0.939. The van der Waals surface area contributed by atoms with E-state index < -0.39 is 0 Å². The highest BCUT2D eigenvalue weighted by Crippen LogP contribution is 2.29. The molecule has 1 N–H and O–H groups in total. The summed E-state index contributed by atoms with van der Waals surface area (Å²) in [5.74, 6) is 0.803. The van der Waals surface area contributed by atoms with Gasteiger partial charge in [0.25, 0.3) is 0 Å². The Balaban J connectivity index is 2.49. The number of furan rings is 1. The summed E-state index contributed by atoms with van der Waals surface area (Å²) in [6, 6.07) is 5.78. The maximum atomic E-state index is 9.38. The number of hydrogen-bond donors (Lipinski definition) is 1. The first-order valence-electron chi connectivity index (χ1n) is 5.06. The van der Waals surface area contributed by atoms with Gasteiger partial charge in [0, 0.05) is 29.0 Å². The minimum absolute atomic E-state index is 0.0114. The van der Waals surface area contributed by atoms with Crippen molar-refractivity contribution in [2.45, 2.75) is 13.0 Å². The van der Waals surface area contributed by atoms with Crippen molar-refractivity contribution in [2.75, 3.05) is 13.7 Å². The van der Waals surface area contributed by atoms with Crippen LogP contribution in [-0.2, 0) is 17.8 Å². The molecular weight excluding hydrogens is 272 g/mol. The molecule has 1 aromatic carbocycles. The lowest BCUT2D eigenvalue weighted by atomic mass is 10.1. The molecule has 0 aliphatic carbocycles. The molecule has 0 bridgehead atoms. The Morgan fingerprint density at radius 1 is 1.44 bits per heavy atom. The first-order chi connectivity index (χ1) is 7.76. The monoisotopic (exact) mass is 284 g/mol. The van der Waals surface area contributed by atoms with Gasteiger partial charge in [0.05, 0.1) is 13.2 Å². The lowest BCUT2D eigenvalue weighted by molar-refractivity contribution is 0.195. The van der Waals surface area contributed by atoms with E-state index >= 15 is 0 Å². The number of halogens is 1. The highest BCUT2D eigenvalue weighted by atomic mass is 79.9. The Hall–Kier alpha value is -0.840. The molecule has 1 aromatic heterocycles. The number of hydrogen-bond acceptors (Lipinski definition) is 3. The average molecular weight is 285 g/mol. The van der Waals surface area contributed by atoms with E-state index in [-0.39, 0.29) is 6.61 Å². The van der Waals surface area contributed by atoms with Crippen molar-refractivity contribution >= 4 is 26.9 Å². The van der Waals surface area contributed by atoms with Gasteiger partial charge in [-0.3, -0.25) is 0 Å². The van der Waals surface area contributed by atoms with Gasteiger partial charge < -0.3 is 14.3 Å². The molecule has 0 amide bonds. The van der Waals surface area contributed by atoms with Crippen LogP contribution in [0, 0.1) is 0 Å². The maximum Gasteiger partial charge on any atom is 0.134 e. The van der Waals surface area contributed by atoms with E-state index in [0.29, 0.717) is 13.0 Å². The minimum atomic E-state index is -0.0114. The molecule has 3 nitrogen and oxygen atoms in total. The number of benzene rings is 1. The summed E-state index contributed by atoms with van der Waals surface area (Å²) in [6.07, 6.45) is 0.679. The predicted molar refractivity (Wildman–Crippen MR) is 65.4 cm³/mol. The van der Waals surface area contributed by atoms with Crippen molar-refractivity contribution < 1.29 is 14.3 Å². The molecule has 0 unspecified atom stereocenters. The van der Waals surface area contributed by atoms with Gasteiger partial charge in [0.15, 0.2) is 0 Å². The van der Waals surface area contributed by atoms with Gasteiger partial charge in [-0.25, -0.2) is 0 Å². The van der Waals surface area contributed by atoms with E-state index in [4.69, 9.17) is 9.15 Å². The molecule has 0 aliphatic heterocycles. The van der Waals surface area contributed by atoms with Crippen LogP contribution >= 0.6 is 15.9 Å². The van der Waals surface area contributed by atoms with E-state index in [9.17, 15) is 5.11 Å². The van der Waals surface area contributed by atoms with Crippen molar-refractivity contribution in [2.24, 2.45) is 0 Å². The lowest BCUT2D eigenvalue weighted by Crippen LogP contribution is -1.96. The molecular formula is C12H13BrO3. The van der Waals surface area contributed by atoms with Crippen LogP contribution in [-0.4, -0.2) is 18.8 Å². The molecule has 86 valence electrons. The zero-order valence-corrected chi connectivity index (χ0v) is 10.6. The standard InChI is InChI=1S/C12H13BrO3/c1-15-5-4-12-10(7-14)9-6-8(13)2-3-11(9)16-12/h2-3,6,14H,4-5,7H2,1H3. The molecule has 16 heavy (non-hydrogen) atoms. The van der Waals surface area contributed by atoms with E-state index in [1.165, 1.54) is 0 Å². The Kier molecular flexibility index (Phi) is 3.63. The number of ether oxygens (including phenoxy) is 1. The van der Waals surface area contributed by atoms with E-state index in [0.717, 1.165) is 26.8 Å². The van der Waals surface area contributed by atoms with Crippen LogP contribution in [0.15, 0.2) is 27.1 Å². The molecule has 0 atom stereocenters. The summed E-state index contributed by atoms with van der Waals surface area (Å²) in [4.78, 5) is 0. The predicted octanol–water partition coefficient (Wildman–Crippen LogP) is 2.88. The number of aliphatic hydroxyl groups excluding tert-OH is 1. The zero-order chi connectivity index (χ0) is 11.5. The molecule has 1 heterocycles. The van der Waals surface area contributed by atoms with Crippen LogP contribution in [0.3, 0.4) is 0 Å². The summed E-state index contributed by atoms with van der Waals surface area (Å²) in [5, 5.41) is 10.3. The van der Waals surface area contributed by atoms with Crippen LogP contribution in [0.2, 0.25) is 0 Å². The van der Waals surface area contributed by atoms with Gasteiger partial charge in [0.1, 0.15) is 11.3 Å². The van der Waals surface area contributed by atoms with Crippen LogP contribution < -0.4 is 0 Å². The van der Waals surface area contributed by atoms with Crippen molar-refractivity contribution in [3.63, 3.8) is 0 Å². The van der Waals surface area contributed by atoms with Crippen LogP contribution in [0.4, 0.5) is 0 Å². The number of aliphatic hydroxyl groups is 1. The SMILES string of the molecule is COCCc1oc2ccc(Br)cc2c1CO. The third kappa shape index (κ3) is 2.14. The van der Waals surface area contributed by atoms with Gasteiger partial charge in [-0.05, 0) is 18.2 Å². The maximum absolute atomic E-state index is 9.38. The third-order valence-corrected chi connectivity index (χ3v) is 3.02. The fraction of sp³-hybridized carbons (Fsp3) is 0.333. The van der Waals surface area contributed by atoms with Gasteiger partial charge in [-0.2, -0.15) is 0 Å². The van der Waals surface area contributed by atoms with Crippen LogP contribution in [0.1, 0.15) is 11.3 Å². The smallest absolute Gasteiger partial charge is 0.134 e. The highest BCUT2D eigenvalue weighted by Gasteiger charge is 2.13. The number of methoxy groups -OCH3 is 1. The summed E-state index contributed by atoms with van der Waals surface area (Å²) in [5.41, 5.74) is 1.66. The normalized spacial score (nSPS) is 11.2. The second-order valence-electron chi connectivity index (χ2n) is 3.55. The van der Waals surface area contributed by atoms with Gasteiger partial charge >= 0.3 is 0 Å². The molecule has 0 saturated carbocycles. The first-order valence-corrected chi connectivity index (χ1v) is 5.85. The molecule has 2 aromatic rings. The fourth-order valence-corrected chi connectivity index (χ4v) is 2.10. The largest absolute Gasteiger partial charge is 0.461 e. The fourth-order valence-electron chi connectivity index (χ4n) is 1.74. The van der Waals surface area contributed by atoms with E-state index in [2.05, 4.69) is 15.9 Å². The Morgan fingerprint density at radius 2 is 2.25 bits per heavy atom. The molecule has 4 heteroatoms. The summed E-state index contributed by atoms with van der Waals surface area (Å²) >= 11 is 3.41. The molecule has 0 aliphatic rings. The van der Waals surface area contributed by atoms with Crippen molar-refractivity contribution in [1.82, 2.24) is 0 Å². The summed E-state index contributed by atoms with van der Waals surface area (Å²) in [7, 11) is 1.65. The second-order valence-corrected chi connectivity index (χ2v) is 4.46.